The summed E-state index contributed by atoms with van der Waals surface area (Å²) >= 11 is 0. The van der Waals surface area contributed by atoms with Gasteiger partial charge in [-0.05, 0) is 46.2 Å². The molecule has 0 saturated carbocycles. The smallest absolute Gasteiger partial charge is 0.0756 e. The summed E-state index contributed by atoms with van der Waals surface area (Å²) in [6, 6.07) is 0.406. The maximum Gasteiger partial charge on any atom is 0.0756 e. The Balaban J connectivity index is 4.17. The number of rotatable bonds is 8. The lowest BCUT2D eigenvalue weighted by Crippen LogP contribution is -2.43. The van der Waals surface area contributed by atoms with Gasteiger partial charge in [-0.25, -0.2) is 0 Å². The van der Waals surface area contributed by atoms with Gasteiger partial charge in [0.25, 0.3) is 0 Å². The van der Waals surface area contributed by atoms with Crippen LogP contribution in [0.4, 0.5) is 0 Å². The van der Waals surface area contributed by atoms with Gasteiger partial charge in [-0.2, -0.15) is 0 Å². The highest BCUT2D eigenvalue weighted by atomic mass is 16.3. The molecule has 0 fully saturated rings. The largest absolute Gasteiger partial charge is 0.389 e. The third-order valence-electron chi connectivity index (χ3n) is 2.82. The fourth-order valence-corrected chi connectivity index (χ4v) is 1.98. The first kappa shape index (κ1) is 14.9. The number of aliphatic hydroxyl groups is 1. The second-order valence-electron chi connectivity index (χ2n) is 4.79. The van der Waals surface area contributed by atoms with E-state index in [1.54, 1.807) is 0 Å². The topological polar surface area (TPSA) is 49.5 Å². The minimum atomic E-state index is -0.723. The summed E-state index contributed by atoms with van der Waals surface area (Å²) in [5.41, 5.74) is 4.81. The van der Waals surface area contributed by atoms with Crippen LogP contribution in [-0.2, 0) is 0 Å². The second kappa shape index (κ2) is 7.20. The first-order valence-electron chi connectivity index (χ1n) is 6.13. The lowest BCUT2D eigenvalue weighted by atomic mass is 9.97. The van der Waals surface area contributed by atoms with Gasteiger partial charge in [-0.3, -0.25) is 0 Å². The molecule has 0 aliphatic carbocycles. The first-order valence-corrected chi connectivity index (χ1v) is 6.13. The maximum atomic E-state index is 9.93. The Hall–Kier alpha value is -0.120. The summed E-state index contributed by atoms with van der Waals surface area (Å²) in [5.74, 6) is 0. The van der Waals surface area contributed by atoms with E-state index in [2.05, 4.69) is 25.7 Å². The van der Waals surface area contributed by atoms with E-state index in [0.29, 0.717) is 12.6 Å². The molecule has 92 valence electrons. The van der Waals surface area contributed by atoms with Crippen LogP contribution in [0, 0.1) is 0 Å². The normalized spacial score (nSPS) is 17.8. The van der Waals surface area contributed by atoms with E-state index in [4.69, 9.17) is 5.73 Å². The van der Waals surface area contributed by atoms with Crippen LogP contribution in [0.1, 0.15) is 47.0 Å². The van der Waals surface area contributed by atoms with Crippen molar-refractivity contribution in [3.63, 3.8) is 0 Å². The monoisotopic (exact) mass is 216 g/mol. The van der Waals surface area contributed by atoms with Gasteiger partial charge in [0.05, 0.1) is 5.60 Å². The van der Waals surface area contributed by atoms with Gasteiger partial charge in [0, 0.05) is 12.6 Å². The fraction of sp³-hybridized carbons (Fsp3) is 1.00. The highest BCUT2D eigenvalue weighted by Gasteiger charge is 2.24. The van der Waals surface area contributed by atoms with Crippen LogP contribution < -0.4 is 5.73 Å². The fourth-order valence-electron chi connectivity index (χ4n) is 1.98. The molecule has 0 heterocycles. The molecule has 0 radical (unpaired) electrons. The summed E-state index contributed by atoms with van der Waals surface area (Å²) in [4.78, 5) is 2.43. The van der Waals surface area contributed by atoms with Gasteiger partial charge >= 0.3 is 0 Å². The summed E-state index contributed by atoms with van der Waals surface area (Å²) in [5, 5.41) is 9.93. The average molecular weight is 216 g/mol. The molecule has 0 aliphatic rings. The SMILES string of the molecule is CCCN(CCC)C(C)CC(C)(O)CN. The Morgan fingerprint density at radius 1 is 1.27 bits per heavy atom. The van der Waals surface area contributed by atoms with Gasteiger partial charge in [-0.1, -0.05) is 13.8 Å². The minimum absolute atomic E-state index is 0.337. The molecule has 2 atom stereocenters. The standard InChI is InChI=1S/C12H28N2O/c1-5-7-14(8-6-2)11(3)9-12(4,15)10-13/h11,15H,5-10,13H2,1-4H3. The molecule has 0 saturated heterocycles. The molecule has 0 aliphatic heterocycles. The van der Waals surface area contributed by atoms with Gasteiger partial charge in [0.2, 0.25) is 0 Å². The van der Waals surface area contributed by atoms with Crippen molar-refractivity contribution in [1.29, 1.82) is 0 Å². The quantitative estimate of drug-likeness (QED) is 0.648. The summed E-state index contributed by atoms with van der Waals surface area (Å²) in [6.07, 6.45) is 3.08. The molecule has 0 amide bonds. The molecule has 3 N–H and O–H groups in total. The number of hydrogen-bond acceptors (Lipinski definition) is 3. The molecule has 2 unspecified atom stereocenters. The molecule has 0 aromatic heterocycles. The van der Waals surface area contributed by atoms with Crippen molar-refractivity contribution in [3.8, 4) is 0 Å². The molecule has 0 bridgehead atoms. The summed E-state index contributed by atoms with van der Waals surface area (Å²) in [7, 11) is 0. The van der Waals surface area contributed by atoms with E-state index in [-0.39, 0.29) is 0 Å². The van der Waals surface area contributed by atoms with Crippen LogP contribution in [0.15, 0.2) is 0 Å². The predicted molar refractivity (Wildman–Crippen MR) is 65.9 cm³/mol. The van der Waals surface area contributed by atoms with Gasteiger partial charge in [0.1, 0.15) is 0 Å². The minimum Gasteiger partial charge on any atom is -0.389 e. The Bertz CT molecular complexity index is 154. The molecule has 0 aromatic rings. The van der Waals surface area contributed by atoms with Crippen LogP contribution in [0.25, 0.3) is 0 Å². The zero-order valence-electron chi connectivity index (χ0n) is 10.8. The zero-order valence-corrected chi connectivity index (χ0v) is 10.8. The van der Waals surface area contributed by atoms with Gasteiger partial charge < -0.3 is 15.7 Å². The Morgan fingerprint density at radius 3 is 2.07 bits per heavy atom. The highest BCUT2D eigenvalue weighted by Crippen LogP contribution is 2.15. The molecule has 15 heavy (non-hydrogen) atoms. The van der Waals surface area contributed by atoms with Crippen molar-refractivity contribution in [3.05, 3.63) is 0 Å². The van der Waals surface area contributed by atoms with E-state index in [1.165, 1.54) is 0 Å². The van der Waals surface area contributed by atoms with Crippen LogP contribution in [0.3, 0.4) is 0 Å². The Labute approximate surface area is 94.6 Å². The van der Waals surface area contributed by atoms with E-state index < -0.39 is 5.60 Å². The van der Waals surface area contributed by atoms with E-state index >= 15 is 0 Å². The lowest BCUT2D eigenvalue weighted by Gasteiger charge is -2.33. The summed E-state index contributed by atoms with van der Waals surface area (Å²) < 4.78 is 0. The summed E-state index contributed by atoms with van der Waals surface area (Å²) in [6.45, 7) is 10.9. The molecule has 0 aromatic carbocycles. The number of nitrogens with zero attached hydrogens (tertiary/aromatic N) is 1. The van der Waals surface area contributed by atoms with Crippen molar-refractivity contribution in [1.82, 2.24) is 4.90 Å². The third kappa shape index (κ3) is 6.13. The first-order chi connectivity index (χ1) is 6.96. The van der Waals surface area contributed by atoms with Gasteiger partial charge in [-0.15, -0.1) is 0 Å². The maximum absolute atomic E-state index is 9.93. The average Bonchev–Trinajstić information content (AvgIpc) is 2.17. The molecular formula is C12H28N2O. The van der Waals surface area contributed by atoms with Crippen LogP contribution in [0.2, 0.25) is 0 Å². The molecule has 3 nitrogen and oxygen atoms in total. The van der Waals surface area contributed by atoms with Crippen molar-refractivity contribution >= 4 is 0 Å². The van der Waals surface area contributed by atoms with Crippen LogP contribution in [0.5, 0.6) is 0 Å². The van der Waals surface area contributed by atoms with Crippen LogP contribution in [-0.4, -0.2) is 41.3 Å². The predicted octanol–water partition coefficient (Wildman–Crippen LogP) is 1.60. The molecule has 0 spiro atoms. The second-order valence-corrected chi connectivity index (χ2v) is 4.79. The third-order valence-corrected chi connectivity index (χ3v) is 2.82. The molecule has 3 heteroatoms. The van der Waals surface area contributed by atoms with Crippen molar-refractivity contribution in [2.45, 2.75) is 58.6 Å². The zero-order chi connectivity index (χ0) is 11.9. The number of nitrogens with two attached hydrogens (primary N) is 1. The van der Waals surface area contributed by atoms with Crippen molar-refractivity contribution < 1.29 is 5.11 Å². The molecule has 0 rings (SSSR count). The highest BCUT2D eigenvalue weighted by molar-refractivity contribution is 4.80. The van der Waals surface area contributed by atoms with Crippen LogP contribution >= 0.6 is 0 Å². The van der Waals surface area contributed by atoms with E-state index in [9.17, 15) is 5.11 Å². The van der Waals surface area contributed by atoms with Crippen molar-refractivity contribution in [2.24, 2.45) is 5.73 Å². The molecular weight excluding hydrogens is 188 g/mol. The van der Waals surface area contributed by atoms with E-state index in [1.807, 2.05) is 6.92 Å². The number of hydrogen-bond donors (Lipinski definition) is 2. The van der Waals surface area contributed by atoms with Gasteiger partial charge in [0.15, 0.2) is 0 Å². The van der Waals surface area contributed by atoms with E-state index in [0.717, 1.165) is 32.4 Å². The van der Waals surface area contributed by atoms with Crippen molar-refractivity contribution in [2.75, 3.05) is 19.6 Å². The Kier molecular flexibility index (Phi) is 7.14. The Morgan fingerprint density at radius 2 is 1.73 bits per heavy atom. The lowest BCUT2D eigenvalue weighted by molar-refractivity contribution is 0.0286.